The number of amides is 1. The first kappa shape index (κ1) is 10.1. The van der Waals surface area contributed by atoms with Gasteiger partial charge in [0.15, 0.2) is 0 Å². The van der Waals surface area contributed by atoms with Gasteiger partial charge in [0.05, 0.1) is 17.1 Å². The predicted molar refractivity (Wildman–Crippen MR) is 52.3 cm³/mol. The van der Waals surface area contributed by atoms with Crippen LogP contribution in [0.5, 0.6) is 0 Å². The van der Waals surface area contributed by atoms with Gasteiger partial charge in [-0.15, -0.1) is 0 Å². The summed E-state index contributed by atoms with van der Waals surface area (Å²) >= 11 is 3.17. The molecule has 1 heterocycles. The first-order valence-corrected chi connectivity index (χ1v) is 4.80. The zero-order chi connectivity index (χ0) is 9.68. The Bertz CT molecular complexity index is 276. The third-order valence-electron chi connectivity index (χ3n) is 1.43. The molecule has 1 atom stereocenters. The van der Waals surface area contributed by atoms with Crippen molar-refractivity contribution < 1.29 is 4.79 Å². The van der Waals surface area contributed by atoms with Gasteiger partial charge in [0, 0.05) is 6.20 Å². The summed E-state index contributed by atoms with van der Waals surface area (Å²) in [7, 11) is 0. The van der Waals surface area contributed by atoms with Crippen LogP contribution in [-0.4, -0.2) is 20.9 Å². The molecule has 0 bridgehead atoms. The maximum absolute atomic E-state index is 11.1. The Balaban J connectivity index is 2.40. The fraction of sp³-hybridized carbons (Fsp3) is 0.375. The quantitative estimate of drug-likeness (QED) is 0.803. The number of hydrogen-bond donors (Lipinski definition) is 1. The van der Waals surface area contributed by atoms with Crippen molar-refractivity contribution in [3.63, 3.8) is 0 Å². The number of halogens is 1. The monoisotopic (exact) mass is 243 g/mol. The minimum absolute atomic E-state index is 0.0503. The molecule has 0 spiro atoms. The molecule has 1 unspecified atom stereocenters. The molecule has 1 N–H and O–H groups in total. The second-order valence-electron chi connectivity index (χ2n) is 2.55. The topological polar surface area (TPSA) is 54.9 Å². The van der Waals surface area contributed by atoms with Crippen molar-refractivity contribution in [2.45, 2.75) is 18.3 Å². The number of rotatable bonds is 3. The van der Waals surface area contributed by atoms with Crippen molar-refractivity contribution in [1.29, 1.82) is 0 Å². The Morgan fingerprint density at radius 3 is 3.08 bits per heavy atom. The van der Waals surface area contributed by atoms with Gasteiger partial charge in [-0.2, -0.15) is 10.2 Å². The number of nitrogens with zero attached hydrogens (tertiary/aromatic N) is 2. The van der Waals surface area contributed by atoms with Crippen molar-refractivity contribution in [3.8, 4) is 0 Å². The van der Waals surface area contributed by atoms with Crippen molar-refractivity contribution in [2.75, 3.05) is 0 Å². The molecule has 0 saturated carbocycles. The third kappa shape index (κ3) is 3.50. The van der Waals surface area contributed by atoms with Gasteiger partial charge in [-0.25, -0.2) is 0 Å². The van der Waals surface area contributed by atoms with Gasteiger partial charge in [-0.3, -0.25) is 4.79 Å². The van der Waals surface area contributed by atoms with Gasteiger partial charge in [0.2, 0.25) is 5.91 Å². The highest BCUT2D eigenvalue weighted by atomic mass is 79.9. The van der Waals surface area contributed by atoms with E-state index in [0.29, 0.717) is 6.54 Å². The van der Waals surface area contributed by atoms with E-state index in [1.807, 2.05) is 6.07 Å². The number of hydrogen-bond acceptors (Lipinski definition) is 3. The van der Waals surface area contributed by atoms with E-state index in [4.69, 9.17) is 0 Å². The van der Waals surface area contributed by atoms with Gasteiger partial charge in [-0.05, 0) is 19.1 Å². The lowest BCUT2D eigenvalue weighted by Gasteiger charge is -2.04. The molecule has 4 nitrogen and oxygen atoms in total. The molecule has 0 aliphatic carbocycles. The van der Waals surface area contributed by atoms with E-state index in [0.717, 1.165) is 5.69 Å². The lowest BCUT2D eigenvalue weighted by atomic mass is 10.3. The van der Waals surface area contributed by atoms with Crippen LogP contribution in [0.4, 0.5) is 0 Å². The fourth-order valence-corrected chi connectivity index (χ4v) is 0.908. The van der Waals surface area contributed by atoms with Crippen LogP contribution in [0.25, 0.3) is 0 Å². The molecule has 5 heteroatoms. The molecule has 0 aromatic carbocycles. The molecule has 1 aromatic heterocycles. The molecule has 1 amide bonds. The molecule has 0 fully saturated rings. The maximum Gasteiger partial charge on any atom is 0.233 e. The highest BCUT2D eigenvalue weighted by Gasteiger charge is 2.07. The lowest BCUT2D eigenvalue weighted by molar-refractivity contribution is -0.120. The van der Waals surface area contributed by atoms with Crippen molar-refractivity contribution in [3.05, 3.63) is 24.0 Å². The summed E-state index contributed by atoms with van der Waals surface area (Å²) in [6, 6.07) is 3.60. The highest BCUT2D eigenvalue weighted by Crippen LogP contribution is 1.97. The standard InChI is InChI=1S/C8H10BrN3O/c1-6(9)8(13)10-5-7-3-2-4-11-12-7/h2-4,6H,5H2,1H3,(H,10,13). The molecule has 70 valence electrons. The van der Waals surface area contributed by atoms with Gasteiger partial charge < -0.3 is 5.32 Å². The molecule has 0 radical (unpaired) electrons. The summed E-state index contributed by atoms with van der Waals surface area (Å²) in [5.41, 5.74) is 0.754. The minimum Gasteiger partial charge on any atom is -0.349 e. The SMILES string of the molecule is CC(Br)C(=O)NCc1cccnn1. The van der Waals surface area contributed by atoms with Crippen LogP contribution in [0.1, 0.15) is 12.6 Å². The van der Waals surface area contributed by atoms with Crippen molar-refractivity contribution in [2.24, 2.45) is 0 Å². The summed E-state index contributed by atoms with van der Waals surface area (Å²) in [6.45, 7) is 2.19. The largest absolute Gasteiger partial charge is 0.349 e. The maximum atomic E-state index is 11.1. The van der Waals surface area contributed by atoms with Crippen LogP contribution in [-0.2, 0) is 11.3 Å². The molecular weight excluding hydrogens is 234 g/mol. The fourth-order valence-electron chi connectivity index (χ4n) is 0.746. The van der Waals surface area contributed by atoms with Gasteiger partial charge in [-0.1, -0.05) is 15.9 Å². The van der Waals surface area contributed by atoms with E-state index in [1.54, 1.807) is 19.2 Å². The summed E-state index contributed by atoms with van der Waals surface area (Å²) in [5, 5.41) is 10.2. The Kier molecular flexibility index (Phi) is 3.82. The summed E-state index contributed by atoms with van der Waals surface area (Å²) in [4.78, 5) is 10.9. The Morgan fingerprint density at radius 2 is 2.54 bits per heavy atom. The summed E-state index contributed by atoms with van der Waals surface area (Å²) in [5.74, 6) is -0.0503. The Morgan fingerprint density at radius 1 is 1.77 bits per heavy atom. The number of carbonyl (C=O) groups excluding carboxylic acids is 1. The van der Waals surface area contributed by atoms with E-state index in [-0.39, 0.29) is 10.7 Å². The number of aromatic nitrogens is 2. The summed E-state index contributed by atoms with van der Waals surface area (Å²) in [6.07, 6.45) is 1.60. The number of carbonyl (C=O) groups is 1. The zero-order valence-electron chi connectivity index (χ0n) is 7.20. The second kappa shape index (κ2) is 4.91. The first-order chi connectivity index (χ1) is 6.20. The molecule has 0 aliphatic heterocycles. The Hall–Kier alpha value is -0.970. The van der Waals surface area contributed by atoms with E-state index >= 15 is 0 Å². The van der Waals surface area contributed by atoms with Gasteiger partial charge >= 0.3 is 0 Å². The van der Waals surface area contributed by atoms with Crippen LogP contribution in [0.2, 0.25) is 0 Å². The van der Waals surface area contributed by atoms with Crippen LogP contribution < -0.4 is 5.32 Å². The molecule has 13 heavy (non-hydrogen) atoms. The van der Waals surface area contributed by atoms with Crippen molar-refractivity contribution in [1.82, 2.24) is 15.5 Å². The smallest absolute Gasteiger partial charge is 0.233 e. The molecular formula is C8H10BrN3O. The molecule has 1 aromatic rings. The number of nitrogens with one attached hydrogen (secondary N) is 1. The van der Waals surface area contributed by atoms with Gasteiger partial charge in [0.25, 0.3) is 0 Å². The minimum atomic E-state index is -0.177. The average Bonchev–Trinajstić information content (AvgIpc) is 2.15. The molecule has 0 aliphatic rings. The second-order valence-corrected chi connectivity index (χ2v) is 3.92. The van der Waals surface area contributed by atoms with Crippen LogP contribution in [0.15, 0.2) is 18.3 Å². The zero-order valence-corrected chi connectivity index (χ0v) is 8.78. The molecule has 1 rings (SSSR count). The third-order valence-corrected chi connectivity index (χ3v) is 1.85. The van der Waals surface area contributed by atoms with Crippen LogP contribution in [0.3, 0.4) is 0 Å². The highest BCUT2D eigenvalue weighted by molar-refractivity contribution is 9.10. The normalized spacial score (nSPS) is 12.2. The Labute approximate surface area is 84.9 Å². The average molecular weight is 244 g/mol. The van der Waals surface area contributed by atoms with E-state index in [2.05, 4.69) is 31.4 Å². The van der Waals surface area contributed by atoms with Gasteiger partial charge in [0.1, 0.15) is 0 Å². The predicted octanol–water partition coefficient (Wildman–Crippen LogP) is 0.876. The van der Waals surface area contributed by atoms with Crippen molar-refractivity contribution >= 4 is 21.8 Å². The van der Waals surface area contributed by atoms with E-state index < -0.39 is 0 Å². The van der Waals surface area contributed by atoms with E-state index in [1.165, 1.54) is 0 Å². The van der Waals surface area contributed by atoms with Crippen LogP contribution >= 0.6 is 15.9 Å². The summed E-state index contributed by atoms with van der Waals surface area (Å²) < 4.78 is 0. The lowest BCUT2D eigenvalue weighted by Crippen LogP contribution is -2.29. The van der Waals surface area contributed by atoms with E-state index in [9.17, 15) is 4.79 Å². The first-order valence-electron chi connectivity index (χ1n) is 3.88. The molecule has 0 saturated heterocycles. The number of alkyl halides is 1. The van der Waals surface area contributed by atoms with Crippen LogP contribution in [0, 0.1) is 0 Å².